The minimum absolute atomic E-state index is 0.0514. The van der Waals surface area contributed by atoms with E-state index in [4.69, 9.17) is 0 Å². The Kier molecular flexibility index (Phi) is 6.23. The maximum atomic E-state index is 12.6. The molecule has 1 amide bonds. The van der Waals surface area contributed by atoms with Crippen molar-refractivity contribution in [2.24, 2.45) is 0 Å². The summed E-state index contributed by atoms with van der Waals surface area (Å²) in [6.45, 7) is 1.93. The van der Waals surface area contributed by atoms with Crippen molar-refractivity contribution in [2.45, 2.75) is 25.9 Å². The van der Waals surface area contributed by atoms with Gasteiger partial charge in [0.15, 0.2) is 9.84 Å². The zero-order valence-electron chi connectivity index (χ0n) is 14.5. The number of sulfone groups is 1. The van der Waals surface area contributed by atoms with E-state index in [0.29, 0.717) is 13.0 Å². The van der Waals surface area contributed by atoms with Crippen molar-refractivity contribution in [1.82, 2.24) is 9.21 Å². The fraction of sp³-hybridized carbons (Fsp3) is 0.562. The zero-order valence-corrected chi connectivity index (χ0v) is 16.1. The summed E-state index contributed by atoms with van der Waals surface area (Å²) in [6, 6.07) is 8.66. The molecule has 1 aromatic rings. The predicted octanol–water partition coefficient (Wildman–Crippen LogP) is 0.484. The molecule has 9 heteroatoms. The molecule has 0 spiro atoms. The molecule has 0 radical (unpaired) electrons. The highest BCUT2D eigenvalue weighted by atomic mass is 32.2. The van der Waals surface area contributed by atoms with Gasteiger partial charge in [0.2, 0.25) is 15.9 Å². The third-order valence-corrected chi connectivity index (χ3v) is 7.24. The van der Waals surface area contributed by atoms with E-state index in [2.05, 4.69) is 0 Å². The average molecular weight is 389 g/mol. The Morgan fingerprint density at radius 2 is 1.88 bits per heavy atom. The maximum absolute atomic E-state index is 12.6. The number of benzene rings is 1. The van der Waals surface area contributed by atoms with E-state index in [9.17, 15) is 21.6 Å². The number of hydrogen-bond acceptors (Lipinski definition) is 5. The minimum atomic E-state index is -3.58. The van der Waals surface area contributed by atoms with Gasteiger partial charge < -0.3 is 4.90 Å². The second kappa shape index (κ2) is 7.84. The molecule has 0 bridgehead atoms. The first-order valence-electron chi connectivity index (χ1n) is 8.11. The topological polar surface area (TPSA) is 91.8 Å². The van der Waals surface area contributed by atoms with Crippen LogP contribution < -0.4 is 0 Å². The Morgan fingerprint density at radius 1 is 1.24 bits per heavy atom. The van der Waals surface area contributed by atoms with Crippen LogP contribution in [0.15, 0.2) is 30.3 Å². The van der Waals surface area contributed by atoms with E-state index >= 15 is 0 Å². The van der Waals surface area contributed by atoms with Crippen LogP contribution in [0.3, 0.4) is 0 Å². The number of carbonyl (C=O) groups excluding carboxylic acids is 1. The Hall–Kier alpha value is -1.45. The molecule has 1 heterocycles. The second-order valence-corrected chi connectivity index (χ2v) is 10.5. The van der Waals surface area contributed by atoms with Gasteiger partial charge in [-0.3, -0.25) is 4.79 Å². The molecule has 2 rings (SSSR count). The Morgan fingerprint density at radius 3 is 2.36 bits per heavy atom. The summed E-state index contributed by atoms with van der Waals surface area (Å²) in [5.74, 6) is -0.350. The lowest BCUT2D eigenvalue weighted by Crippen LogP contribution is -2.47. The van der Waals surface area contributed by atoms with E-state index in [1.165, 1.54) is 4.90 Å². The Balaban J connectivity index is 2.13. The molecule has 25 heavy (non-hydrogen) atoms. The van der Waals surface area contributed by atoms with Crippen molar-refractivity contribution in [2.75, 3.05) is 30.9 Å². The summed E-state index contributed by atoms with van der Waals surface area (Å²) < 4.78 is 48.6. The lowest BCUT2D eigenvalue weighted by atomic mass is 10.2. The first kappa shape index (κ1) is 19.9. The highest BCUT2D eigenvalue weighted by Gasteiger charge is 2.35. The van der Waals surface area contributed by atoms with Gasteiger partial charge in [0, 0.05) is 19.1 Å². The average Bonchev–Trinajstić information content (AvgIpc) is 2.87. The Labute approximate surface area is 149 Å². The van der Waals surface area contributed by atoms with Crippen molar-refractivity contribution >= 4 is 25.8 Å². The third kappa shape index (κ3) is 5.52. The molecule has 1 aliphatic heterocycles. The molecule has 1 unspecified atom stereocenters. The largest absolute Gasteiger partial charge is 0.338 e. The lowest BCUT2D eigenvalue weighted by molar-refractivity contribution is -0.133. The first-order chi connectivity index (χ1) is 11.6. The molecule has 1 aromatic carbocycles. The molecule has 1 aliphatic rings. The zero-order chi connectivity index (χ0) is 18.7. The van der Waals surface area contributed by atoms with Crippen molar-refractivity contribution < 1.29 is 21.6 Å². The van der Waals surface area contributed by atoms with Crippen LogP contribution in [-0.4, -0.2) is 68.8 Å². The molecule has 0 aromatic heterocycles. The molecule has 0 N–H and O–H groups in total. The summed E-state index contributed by atoms with van der Waals surface area (Å²) >= 11 is 0. The summed E-state index contributed by atoms with van der Waals surface area (Å²) in [6.07, 6.45) is 1.47. The molecule has 0 aliphatic carbocycles. The van der Waals surface area contributed by atoms with Crippen LogP contribution in [0.25, 0.3) is 0 Å². The number of nitrogens with zero attached hydrogens (tertiary/aromatic N) is 2. The van der Waals surface area contributed by atoms with Crippen LogP contribution >= 0.6 is 0 Å². The molecule has 7 nitrogen and oxygen atoms in total. The van der Waals surface area contributed by atoms with Gasteiger partial charge in [-0.25, -0.2) is 16.8 Å². The van der Waals surface area contributed by atoms with Crippen LogP contribution in [0.5, 0.6) is 0 Å². The molecular weight excluding hydrogens is 364 g/mol. The van der Waals surface area contributed by atoms with Crippen molar-refractivity contribution in [1.29, 1.82) is 0 Å². The lowest BCUT2D eigenvalue weighted by Gasteiger charge is -2.29. The monoisotopic (exact) mass is 388 g/mol. The van der Waals surface area contributed by atoms with Crippen LogP contribution in [0.2, 0.25) is 0 Å². The van der Waals surface area contributed by atoms with E-state index in [1.807, 2.05) is 6.07 Å². The van der Waals surface area contributed by atoms with E-state index in [1.54, 1.807) is 31.2 Å². The molecule has 1 atom stereocenters. The maximum Gasteiger partial charge on any atom is 0.238 e. The van der Waals surface area contributed by atoms with Crippen molar-refractivity contribution in [3.8, 4) is 0 Å². The van der Waals surface area contributed by atoms with Gasteiger partial charge in [-0.15, -0.1) is 0 Å². The number of likely N-dealkylation sites (N-methyl/N-ethyl adjacent to an activating group) is 1. The minimum Gasteiger partial charge on any atom is -0.338 e. The first-order valence-corrected chi connectivity index (χ1v) is 11.8. The normalized spacial score (nSPS) is 19.9. The van der Waals surface area contributed by atoms with Crippen LogP contribution in [0, 0.1) is 0 Å². The van der Waals surface area contributed by atoms with Crippen LogP contribution in [0.1, 0.15) is 18.9 Å². The molecular formula is C16H24N2O5S2. The number of hydrogen-bond donors (Lipinski definition) is 0. The molecule has 1 saturated heterocycles. The van der Waals surface area contributed by atoms with Gasteiger partial charge in [0.25, 0.3) is 0 Å². The quantitative estimate of drug-likeness (QED) is 0.678. The van der Waals surface area contributed by atoms with E-state index < -0.39 is 19.9 Å². The van der Waals surface area contributed by atoms with Crippen LogP contribution in [0.4, 0.5) is 0 Å². The summed E-state index contributed by atoms with van der Waals surface area (Å²) in [7, 11) is -6.69. The summed E-state index contributed by atoms with van der Waals surface area (Å²) in [5, 5.41) is 0. The number of rotatable bonds is 7. The van der Waals surface area contributed by atoms with Crippen molar-refractivity contribution in [3.63, 3.8) is 0 Å². The summed E-state index contributed by atoms with van der Waals surface area (Å²) in [5.41, 5.74) is 0.784. The number of amides is 1. The van der Waals surface area contributed by atoms with Gasteiger partial charge in [0.05, 0.1) is 24.3 Å². The molecule has 1 fully saturated rings. The summed E-state index contributed by atoms with van der Waals surface area (Å²) in [4.78, 5) is 14.1. The number of sulfonamides is 1. The second-order valence-electron chi connectivity index (χ2n) is 6.25. The van der Waals surface area contributed by atoms with Gasteiger partial charge in [-0.2, -0.15) is 4.31 Å². The molecule has 0 saturated carbocycles. The SMILES string of the molecule is CCN(C(=O)CN(Cc1ccccc1)S(C)(=O)=O)C1CCS(=O)(=O)C1. The fourth-order valence-corrected chi connectivity index (χ4v) is 5.44. The van der Waals surface area contributed by atoms with Gasteiger partial charge in [0.1, 0.15) is 0 Å². The van der Waals surface area contributed by atoms with Gasteiger partial charge in [-0.1, -0.05) is 30.3 Å². The standard InChI is InChI=1S/C16H24N2O5S2/c1-3-18(15-9-10-25(22,23)13-15)16(19)12-17(24(2,20)21)11-14-7-5-4-6-8-14/h4-8,15H,3,9-13H2,1-2H3. The smallest absolute Gasteiger partial charge is 0.238 e. The highest BCUT2D eigenvalue weighted by Crippen LogP contribution is 2.18. The fourth-order valence-electron chi connectivity index (χ4n) is 2.98. The Bertz CT molecular complexity index is 806. The highest BCUT2D eigenvalue weighted by molar-refractivity contribution is 7.91. The van der Waals surface area contributed by atoms with E-state index in [-0.39, 0.29) is 36.5 Å². The van der Waals surface area contributed by atoms with Crippen molar-refractivity contribution in [3.05, 3.63) is 35.9 Å². The van der Waals surface area contributed by atoms with Gasteiger partial charge >= 0.3 is 0 Å². The van der Waals surface area contributed by atoms with Crippen LogP contribution in [-0.2, 0) is 31.2 Å². The third-order valence-electron chi connectivity index (χ3n) is 4.29. The van der Waals surface area contributed by atoms with Gasteiger partial charge in [-0.05, 0) is 18.9 Å². The number of carbonyl (C=O) groups is 1. The predicted molar refractivity (Wildman–Crippen MR) is 96.1 cm³/mol. The van der Waals surface area contributed by atoms with E-state index in [0.717, 1.165) is 16.1 Å². The molecule has 140 valence electrons.